The topological polar surface area (TPSA) is 42.4 Å². The van der Waals surface area contributed by atoms with Crippen LogP contribution in [-0.2, 0) is 5.60 Å². The summed E-state index contributed by atoms with van der Waals surface area (Å²) in [7, 11) is 0. The Bertz CT molecular complexity index is 376. The van der Waals surface area contributed by atoms with E-state index in [1.54, 1.807) is 12.4 Å². The molecular weight excluding hydrogens is 214 g/mol. The zero-order chi connectivity index (χ0) is 12.3. The van der Waals surface area contributed by atoms with Gasteiger partial charge in [0.05, 0.1) is 18.4 Å². The molecule has 0 bridgehead atoms. The Morgan fingerprint density at radius 1 is 1.41 bits per heavy atom. The van der Waals surface area contributed by atoms with Gasteiger partial charge in [-0.1, -0.05) is 13.8 Å². The zero-order valence-corrected chi connectivity index (χ0v) is 10.6. The van der Waals surface area contributed by atoms with Crippen molar-refractivity contribution in [2.45, 2.75) is 45.1 Å². The number of hydrogen-bond donors (Lipinski definition) is 1. The van der Waals surface area contributed by atoms with Gasteiger partial charge < -0.3 is 9.84 Å². The molecule has 3 heteroatoms. The van der Waals surface area contributed by atoms with Crippen molar-refractivity contribution in [2.75, 3.05) is 6.61 Å². The van der Waals surface area contributed by atoms with E-state index in [4.69, 9.17) is 4.74 Å². The predicted octanol–water partition coefficient (Wildman–Crippen LogP) is 2.88. The molecular formula is C14H21NO2. The van der Waals surface area contributed by atoms with Gasteiger partial charge in [0, 0.05) is 11.8 Å². The van der Waals surface area contributed by atoms with Gasteiger partial charge in [-0.15, -0.1) is 0 Å². The standard InChI is InChI=1S/C14H21NO2/c1-3-7-17-13-8-12(9-15-10-13)14(16,4-2)11-5-6-11/h8-11,16H,3-7H2,1-2H3. The van der Waals surface area contributed by atoms with E-state index in [9.17, 15) is 5.11 Å². The monoisotopic (exact) mass is 235 g/mol. The molecule has 3 nitrogen and oxygen atoms in total. The van der Waals surface area contributed by atoms with E-state index in [2.05, 4.69) is 11.9 Å². The second-order valence-corrected chi connectivity index (χ2v) is 4.81. The van der Waals surface area contributed by atoms with E-state index < -0.39 is 5.60 Å². The third-order valence-electron chi connectivity index (χ3n) is 3.48. The van der Waals surface area contributed by atoms with Gasteiger partial charge in [-0.05, 0) is 37.7 Å². The maximum Gasteiger partial charge on any atom is 0.137 e. The predicted molar refractivity (Wildman–Crippen MR) is 66.9 cm³/mol. The summed E-state index contributed by atoms with van der Waals surface area (Å²) in [6, 6.07) is 1.94. The van der Waals surface area contributed by atoms with Crippen LogP contribution < -0.4 is 4.74 Å². The van der Waals surface area contributed by atoms with E-state index in [0.29, 0.717) is 12.5 Å². The summed E-state index contributed by atoms with van der Waals surface area (Å²) in [5, 5.41) is 10.7. The fourth-order valence-corrected chi connectivity index (χ4v) is 2.24. The molecule has 0 saturated heterocycles. The van der Waals surface area contributed by atoms with Crippen molar-refractivity contribution in [3.05, 3.63) is 24.0 Å². The van der Waals surface area contributed by atoms with Crippen molar-refractivity contribution in [3.8, 4) is 5.75 Å². The van der Waals surface area contributed by atoms with Crippen LogP contribution in [0.2, 0.25) is 0 Å². The zero-order valence-electron chi connectivity index (χ0n) is 10.6. The highest BCUT2D eigenvalue weighted by molar-refractivity contribution is 5.29. The normalized spacial score (nSPS) is 18.8. The van der Waals surface area contributed by atoms with Crippen molar-refractivity contribution < 1.29 is 9.84 Å². The number of hydrogen-bond acceptors (Lipinski definition) is 3. The van der Waals surface area contributed by atoms with Gasteiger partial charge >= 0.3 is 0 Å². The highest BCUT2D eigenvalue weighted by Gasteiger charge is 2.43. The lowest BCUT2D eigenvalue weighted by atomic mass is 9.87. The summed E-state index contributed by atoms with van der Waals surface area (Å²) in [5.41, 5.74) is 0.189. The first-order chi connectivity index (χ1) is 8.20. The summed E-state index contributed by atoms with van der Waals surface area (Å²) in [5.74, 6) is 1.16. The van der Waals surface area contributed by atoms with Gasteiger partial charge in [-0.3, -0.25) is 4.98 Å². The molecule has 1 aliphatic carbocycles. The summed E-state index contributed by atoms with van der Waals surface area (Å²) >= 11 is 0. The van der Waals surface area contributed by atoms with E-state index >= 15 is 0 Å². The lowest BCUT2D eigenvalue weighted by Crippen LogP contribution is -2.27. The molecule has 1 aromatic heterocycles. The number of nitrogens with zero attached hydrogens (tertiary/aromatic N) is 1. The average Bonchev–Trinajstić information content (AvgIpc) is 3.20. The van der Waals surface area contributed by atoms with Crippen molar-refractivity contribution in [3.63, 3.8) is 0 Å². The Morgan fingerprint density at radius 2 is 2.18 bits per heavy atom. The molecule has 1 fully saturated rings. The van der Waals surface area contributed by atoms with Crippen molar-refractivity contribution in [2.24, 2.45) is 5.92 Å². The van der Waals surface area contributed by atoms with E-state index in [0.717, 1.165) is 37.0 Å². The molecule has 1 saturated carbocycles. The molecule has 94 valence electrons. The first-order valence-electron chi connectivity index (χ1n) is 6.51. The molecule has 1 aliphatic rings. The second-order valence-electron chi connectivity index (χ2n) is 4.81. The van der Waals surface area contributed by atoms with Crippen molar-refractivity contribution in [1.29, 1.82) is 0 Å². The van der Waals surface area contributed by atoms with E-state index in [1.807, 2.05) is 13.0 Å². The van der Waals surface area contributed by atoms with Crippen LogP contribution in [0.1, 0.15) is 45.1 Å². The minimum atomic E-state index is -0.710. The van der Waals surface area contributed by atoms with E-state index in [1.165, 1.54) is 0 Å². The quantitative estimate of drug-likeness (QED) is 0.824. The molecule has 2 rings (SSSR count). The highest BCUT2D eigenvalue weighted by Crippen LogP contribution is 2.47. The number of pyridine rings is 1. The molecule has 0 spiro atoms. The molecule has 1 atom stereocenters. The molecule has 1 N–H and O–H groups in total. The Hall–Kier alpha value is -1.09. The SMILES string of the molecule is CCCOc1cncc(C(O)(CC)C2CC2)c1. The molecule has 1 unspecified atom stereocenters. The molecule has 17 heavy (non-hydrogen) atoms. The van der Waals surface area contributed by atoms with E-state index in [-0.39, 0.29) is 0 Å². The van der Waals surface area contributed by atoms with Gasteiger partial charge in [-0.25, -0.2) is 0 Å². The number of aromatic nitrogens is 1. The molecule has 0 aliphatic heterocycles. The number of ether oxygens (including phenoxy) is 1. The molecule has 0 aromatic carbocycles. The Balaban J connectivity index is 2.19. The molecule has 1 aromatic rings. The van der Waals surface area contributed by atoms with Crippen LogP contribution in [0.15, 0.2) is 18.5 Å². The summed E-state index contributed by atoms with van der Waals surface area (Å²) in [4.78, 5) is 4.18. The summed E-state index contributed by atoms with van der Waals surface area (Å²) in [6.45, 7) is 4.79. The Kier molecular flexibility index (Phi) is 3.67. The van der Waals surface area contributed by atoms with Gasteiger partial charge in [0.15, 0.2) is 0 Å². The maximum absolute atomic E-state index is 10.7. The Labute approximate surface area is 103 Å². The highest BCUT2D eigenvalue weighted by atomic mass is 16.5. The smallest absolute Gasteiger partial charge is 0.137 e. The second kappa shape index (κ2) is 5.05. The van der Waals surface area contributed by atoms with Gasteiger partial charge in [0.2, 0.25) is 0 Å². The van der Waals surface area contributed by atoms with Crippen LogP contribution in [0.3, 0.4) is 0 Å². The van der Waals surface area contributed by atoms with Crippen molar-refractivity contribution in [1.82, 2.24) is 4.98 Å². The molecule has 0 amide bonds. The van der Waals surface area contributed by atoms with Crippen LogP contribution in [0.25, 0.3) is 0 Å². The first-order valence-corrected chi connectivity index (χ1v) is 6.51. The van der Waals surface area contributed by atoms with Gasteiger partial charge in [0.1, 0.15) is 5.75 Å². The first kappa shape index (κ1) is 12.4. The number of rotatable bonds is 6. The van der Waals surface area contributed by atoms with Crippen LogP contribution >= 0.6 is 0 Å². The largest absolute Gasteiger partial charge is 0.492 e. The average molecular weight is 235 g/mol. The molecule has 1 heterocycles. The lowest BCUT2D eigenvalue weighted by molar-refractivity contribution is 0.00834. The van der Waals surface area contributed by atoms with Crippen molar-refractivity contribution >= 4 is 0 Å². The Morgan fingerprint density at radius 3 is 2.76 bits per heavy atom. The minimum absolute atomic E-state index is 0.399. The maximum atomic E-state index is 10.7. The number of aliphatic hydroxyl groups is 1. The van der Waals surface area contributed by atoms with Crippen LogP contribution in [0.5, 0.6) is 5.75 Å². The summed E-state index contributed by atoms with van der Waals surface area (Å²) < 4.78 is 5.56. The lowest BCUT2D eigenvalue weighted by Gasteiger charge is -2.27. The van der Waals surface area contributed by atoms with Gasteiger partial charge in [0.25, 0.3) is 0 Å². The third kappa shape index (κ3) is 2.60. The summed E-state index contributed by atoms with van der Waals surface area (Å²) in [6.07, 6.45) is 7.42. The van der Waals surface area contributed by atoms with Gasteiger partial charge in [-0.2, -0.15) is 0 Å². The minimum Gasteiger partial charge on any atom is -0.492 e. The van der Waals surface area contributed by atoms with Crippen LogP contribution in [0, 0.1) is 5.92 Å². The molecule has 0 radical (unpaired) electrons. The van der Waals surface area contributed by atoms with Crippen LogP contribution in [0.4, 0.5) is 0 Å². The van der Waals surface area contributed by atoms with Crippen LogP contribution in [-0.4, -0.2) is 16.7 Å². The fourth-order valence-electron chi connectivity index (χ4n) is 2.24. The fraction of sp³-hybridized carbons (Fsp3) is 0.643. The third-order valence-corrected chi connectivity index (χ3v) is 3.48.